The monoisotopic (exact) mass is 400 g/mol. The summed E-state index contributed by atoms with van der Waals surface area (Å²) in [7, 11) is 0. The van der Waals surface area contributed by atoms with Crippen LogP contribution in [0.25, 0.3) is 0 Å². The molecule has 0 bridgehead atoms. The number of hydrogen-bond donors (Lipinski definition) is 0. The number of nitrogens with zero attached hydrogens (tertiary/aromatic N) is 4. The molecule has 0 spiro atoms. The maximum Gasteiger partial charge on any atom is 0.255 e. The van der Waals surface area contributed by atoms with E-state index in [1.165, 1.54) is 24.4 Å². The molecule has 0 saturated heterocycles. The van der Waals surface area contributed by atoms with Crippen LogP contribution in [-0.2, 0) is 19.7 Å². The molecule has 152 valence electrons. The van der Waals surface area contributed by atoms with E-state index in [-0.39, 0.29) is 23.9 Å². The van der Waals surface area contributed by atoms with E-state index >= 15 is 0 Å². The highest BCUT2D eigenvalue weighted by molar-refractivity contribution is 5.93. The fourth-order valence-electron chi connectivity index (χ4n) is 3.00. The summed E-state index contributed by atoms with van der Waals surface area (Å²) in [5, 5.41) is 4.46. The van der Waals surface area contributed by atoms with E-state index in [0.717, 1.165) is 11.9 Å². The summed E-state index contributed by atoms with van der Waals surface area (Å²) in [4.78, 5) is 17.9. The average molecular weight is 400 g/mol. The number of pyridine rings is 1. The van der Waals surface area contributed by atoms with Crippen molar-refractivity contribution in [2.24, 2.45) is 0 Å². The number of ether oxygens (including phenoxy) is 1. The molecule has 0 aliphatic carbocycles. The number of hydrogen-bond acceptors (Lipinski definition) is 4. The Labute approximate surface area is 167 Å². The van der Waals surface area contributed by atoms with Crippen LogP contribution in [0.5, 0.6) is 5.75 Å². The number of rotatable bonds is 4. The normalized spacial score (nSPS) is 12.6. The zero-order valence-corrected chi connectivity index (χ0v) is 16.3. The van der Waals surface area contributed by atoms with Gasteiger partial charge in [0.2, 0.25) is 0 Å². The lowest BCUT2D eigenvalue weighted by Crippen LogP contribution is -2.38. The molecule has 0 radical (unpaired) electrons. The van der Waals surface area contributed by atoms with Crippen LogP contribution < -0.4 is 4.74 Å². The molecule has 0 saturated carbocycles. The van der Waals surface area contributed by atoms with Gasteiger partial charge in [-0.05, 0) is 24.3 Å². The highest BCUT2D eigenvalue weighted by Crippen LogP contribution is 2.18. The Bertz CT molecular complexity index is 990. The first-order chi connectivity index (χ1) is 14.1. The SMILES string of the molecule is CC.O=C(c1cncc(F)c1)N1CCn2nc(COc3cccc(F)c3)cc2C1. The van der Waals surface area contributed by atoms with E-state index < -0.39 is 5.82 Å². The van der Waals surface area contributed by atoms with Crippen LogP contribution in [0.1, 0.15) is 35.6 Å². The molecule has 1 aliphatic heterocycles. The summed E-state index contributed by atoms with van der Waals surface area (Å²) < 4.78 is 33.9. The van der Waals surface area contributed by atoms with Gasteiger partial charge in [-0.2, -0.15) is 5.10 Å². The van der Waals surface area contributed by atoms with Crippen molar-refractivity contribution in [3.63, 3.8) is 0 Å². The third-order valence-electron chi connectivity index (χ3n) is 4.27. The molecule has 2 aromatic heterocycles. The van der Waals surface area contributed by atoms with Gasteiger partial charge in [-0.1, -0.05) is 19.9 Å². The Morgan fingerprint density at radius 2 is 1.93 bits per heavy atom. The number of carbonyl (C=O) groups excluding carboxylic acids is 1. The van der Waals surface area contributed by atoms with Crippen LogP contribution in [0.3, 0.4) is 0 Å². The zero-order chi connectivity index (χ0) is 20.8. The molecule has 3 aromatic rings. The third-order valence-corrected chi connectivity index (χ3v) is 4.27. The summed E-state index contributed by atoms with van der Waals surface area (Å²) in [6.45, 7) is 5.56. The van der Waals surface area contributed by atoms with Gasteiger partial charge in [0.1, 0.15) is 29.7 Å². The summed E-state index contributed by atoms with van der Waals surface area (Å²) in [6, 6.07) is 8.94. The predicted molar refractivity (Wildman–Crippen MR) is 103 cm³/mol. The Morgan fingerprint density at radius 1 is 1.10 bits per heavy atom. The summed E-state index contributed by atoms with van der Waals surface area (Å²) in [6.07, 6.45) is 2.42. The standard InChI is InChI=1S/C19H16F2N4O2.C2H6/c20-14-2-1-3-18(7-14)27-12-16-8-17-11-24(4-5-25(17)23-16)19(26)13-6-15(21)10-22-9-13;1-2/h1-3,6-10H,4-5,11-12H2;1-2H3. The average Bonchev–Trinajstić information content (AvgIpc) is 3.15. The third kappa shape index (κ3) is 4.96. The number of carbonyl (C=O) groups is 1. The minimum atomic E-state index is -0.542. The molecule has 4 rings (SSSR count). The van der Waals surface area contributed by atoms with E-state index in [1.807, 2.05) is 24.6 Å². The second kappa shape index (κ2) is 9.27. The van der Waals surface area contributed by atoms with E-state index in [0.29, 0.717) is 31.1 Å². The largest absolute Gasteiger partial charge is 0.487 e. The molecule has 0 atom stereocenters. The first-order valence-electron chi connectivity index (χ1n) is 9.42. The van der Waals surface area contributed by atoms with Crippen molar-refractivity contribution >= 4 is 5.91 Å². The molecule has 8 heteroatoms. The van der Waals surface area contributed by atoms with E-state index in [1.54, 1.807) is 17.0 Å². The number of amides is 1. The Hall–Kier alpha value is -3.29. The first kappa shape index (κ1) is 20.4. The first-order valence-corrected chi connectivity index (χ1v) is 9.42. The van der Waals surface area contributed by atoms with Crippen molar-refractivity contribution in [2.45, 2.75) is 33.5 Å². The van der Waals surface area contributed by atoms with Crippen LogP contribution >= 0.6 is 0 Å². The minimum absolute atomic E-state index is 0.200. The van der Waals surface area contributed by atoms with Crippen molar-refractivity contribution in [2.75, 3.05) is 6.54 Å². The van der Waals surface area contributed by atoms with Gasteiger partial charge in [-0.15, -0.1) is 0 Å². The molecule has 3 heterocycles. The maximum absolute atomic E-state index is 13.3. The van der Waals surface area contributed by atoms with Gasteiger partial charge in [0.25, 0.3) is 5.91 Å². The quantitative estimate of drug-likeness (QED) is 0.668. The lowest BCUT2D eigenvalue weighted by atomic mass is 10.2. The van der Waals surface area contributed by atoms with Crippen molar-refractivity contribution < 1.29 is 18.3 Å². The highest BCUT2D eigenvalue weighted by Gasteiger charge is 2.23. The van der Waals surface area contributed by atoms with E-state index in [9.17, 15) is 13.6 Å². The topological polar surface area (TPSA) is 60.2 Å². The number of halogens is 2. The van der Waals surface area contributed by atoms with Crippen LogP contribution in [0.2, 0.25) is 0 Å². The number of fused-ring (bicyclic) bond motifs is 1. The van der Waals surface area contributed by atoms with E-state index in [4.69, 9.17) is 4.74 Å². The fraction of sp³-hybridized carbons (Fsp3) is 0.286. The van der Waals surface area contributed by atoms with Gasteiger partial charge in [0, 0.05) is 18.8 Å². The second-order valence-electron chi connectivity index (χ2n) is 6.21. The summed E-state index contributed by atoms with van der Waals surface area (Å²) in [5.74, 6) is -0.749. The molecule has 0 N–H and O–H groups in total. The zero-order valence-electron chi connectivity index (χ0n) is 16.3. The molecule has 29 heavy (non-hydrogen) atoms. The maximum atomic E-state index is 13.3. The summed E-state index contributed by atoms with van der Waals surface area (Å²) in [5.41, 5.74) is 1.77. The van der Waals surface area contributed by atoms with Crippen LogP contribution in [0.15, 0.2) is 48.8 Å². The van der Waals surface area contributed by atoms with Crippen LogP contribution in [0.4, 0.5) is 8.78 Å². The molecular weight excluding hydrogens is 378 g/mol. The van der Waals surface area contributed by atoms with Gasteiger partial charge < -0.3 is 9.64 Å². The Kier molecular flexibility index (Phi) is 6.54. The van der Waals surface area contributed by atoms with Gasteiger partial charge >= 0.3 is 0 Å². The van der Waals surface area contributed by atoms with Gasteiger partial charge in [-0.3, -0.25) is 14.5 Å². The fourth-order valence-corrected chi connectivity index (χ4v) is 3.00. The van der Waals surface area contributed by atoms with Crippen molar-refractivity contribution in [3.8, 4) is 5.75 Å². The van der Waals surface area contributed by atoms with Crippen LogP contribution in [0, 0.1) is 11.6 Å². The highest BCUT2D eigenvalue weighted by atomic mass is 19.1. The Balaban J connectivity index is 0.00000117. The van der Waals surface area contributed by atoms with Crippen molar-refractivity contribution in [3.05, 3.63) is 77.4 Å². The molecule has 1 aliphatic rings. The predicted octanol–water partition coefficient (Wildman–Crippen LogP) is 3.82. The van der Waals surface area contributed by atoms with Gasteiger partial charge in [0.05, 0.1) is 30.5 Å². The van der Waals surface area contributed by atoms with Gasteiger partial charge in [-0.25, -0.2) is 8.78 Å². The summed E-state index contributed by atoms with van der Waals surface area (Å²) >= 11 is 0. The van der Waals surface area contributed by atoms with E-state index in [2.05, 4.69) is 10.1 Å². The number of aromatic nitrogens is 3. The molecule has 1 amide bonds. The van der Waals surface area contributed by atoms with Gasteiger partial charge in [0.15, 0.2) is 0 Å². The molecule has 0 fully saturated rings. The number of benzene rings is 1. The molecule has 1 aromatic carbocycles. The van der Waals surface area contributed by atoms with Crippen molar-refractivity contribution in [1.29, 1.82) is 0 Å². The molecule has 6 nitrogen and oxygen atoms in total. The Morgan fingerprint density at radius 3 is 2.69 bits per heavy atom. The van der Waals surface area contributed by atoms with Crippen LogP contribution in [-0.4, -0.2) is 32.1 Å². The lowest BCUT2D eigenvalue weighted by Gasteiger charge is -2.27. The molecule has 0 unspecified atom stereocenters. The smallest absolute Gasteiger partial charge is 0.255 e. The second-order valence-corrected chi connectivity index (χ2v) is 6.21. The lowest BCUT2D eigenvalue weighted by molar-refractivity contribution is 0.0705. The minimum Gasteiger partial charge on any atom is -0.487 e. The molecular formula is C21H22F2N4O2. The van der Waals surface area contributed by atoms with Crippen molar-refractivity contribution in [1.82, 2.24) is 19.7 Å².